The highest BCUT2D eigenvalue weighted by molar-refractivity contribution is 6.30. The second kappa shape index (κ2) is 8.68. The summed E-state index contributed by atoms with van der Waals surface area (Å²) in [6.07, 6.45) is 4.03. The van der Waals surface area contributed by atoms with Gasteiger partial charge >= 0.3 is 0 Å². The second-order valence-corrected chi connectivity index (χ2v) is 6.57. The number of hydrogen-bond donors (Lipinski definition) is 1. The van der Waals surface area contributed by atoms with Gasteiger partial charge in [-0.1, -0.05) is 54.1 Å². The number of aryl methyl sites for hydroxylation is 1. The summed E-state index contributed by atoms with van der Waals surface area (Å²) < 4.78 is 2.02. The van der Waals surface area contributed by atoms with Crippen LogP contribution in [0.25, 0.3) is 0 Å². The largest absolute Gasteiger partial charge is 0.349 e. The molecule has 0 fully saturated rings. The van der Waals surface area contributed by atoms with Gasteiger partial charge in [0.25, 0.3) is 0 Å². The van der Waals surface area contributed by atoms with Gasteiger partial charge < -0.3 is 9.88 Å². The van der Waals surface area contributed by atoms with Crippen LogP contribution in [0.4, 0.5) is 0 Å². The monoisotopic (exact) mass is 367 g/mol. The van der Waals surface area contributed by atoms with Gasteiger partial charge in [-0.25, -0.2) is 4.98 Å². The molecule has 2 aromatic carbocycles. The summed E-state index contributed by atoms with van der Waals surface area (Å²) in [6.45, 7) is 3.31. The lowest BCUT2D eigenvalue weighted by Crippen LogP contribution is -2.26. The predicted molar refractivity (Wildman–Crippen MR) is 104 cm³/mol. The van der Waals surface area contributed by atoms with Gasteiger partial charge in [0.05, 0.1) is 6.54 Å². The van der Waals surface area contributed by atoms with E-state index in [1.165, 1.54) is 0 Å². The predicted octanol–water partition coefficient (Wildman–Crippen LogP) is 4.39. The fraction of sp³-hybridized carbons (Fsp3) is 0.238. The van der Waals surface area contributed by atoms with Gasteiger partial charge in [-0.05, 0) is 30.2 Å². The summed E-state index contributed by atoms with van der Waals surface area (Å²) >= 11 is 6.16. The number of nitrogens with zero attached hydrogens (tertiary/aromatic N) is 2. The molecule has 0 aliphatic rings. The van der Waals surface area contributed by atoms with Crippen LogP contribution in [0.3, 0.4) is 0 Å². The van der Waals surface area contributed by atoms with Gasteiger partial charge in [0.1, 0.15) is 5.82 Å². The summed E-state index contributed by atoms with van der Waals surface area (Å²) in [5, 5.41) is 3.66. The van der Waals surface area contributed by atoms with E-state index < -0.39 is 0 Å². The average molecular weight is 368 g/mol. The molecule has 0 aliphatic heterocycles. The van der Waals surface area contributed by atoms with Gasteiger partial charge in [-0.15, -0.1) is 0 Å². The molecular weight excluding hydrogens is 346 g/mol. The Labute approximate surface area is 158 Å². The zero-order valence-corrected chi connectivity index (χ0v) is 15.5. The SMILES string of the molecule is CCn1ccnc1CNC(=O)CC(c1ccccc1)c1cccc(Cl)c1. The summed E-state index contributed by atoms with van der Waals surface area (Å²) in [5.41, 5.74) is 2.13. The Kier molecular flexibility index (Phi) is 6.08. The molecule has 0 bridgehead atoms. The first-order valence-electron chi connectivity index (χ1n) is 8.74. The number of amides is 1. The molecule has 26 heavy (non-hydrogen) atoms. The van der Waals surface area contributed by atoms with E-state index in [9.17, 15) is 4.79 Å². The van der Waals surface area contributed by atoms with Crippen molar-refractivity contribution in [2.24, 2.45) is 0 Å². The molecule has 1 N–H and O–H groups in total. The van der Waals surface area contributed by atoms with E-state index in [0.717, 1.165) is 23.5 Å². The van der Waals surface area contributed by atoms with Crippen molar-refractivity contribution in [3.63, 3.8) is 0 Å². The Balaban J connectivity index is 1.74. The summed E-state index contributed by atoms with van der Waals surface area (Å²) in [4.78, 5) is 16.9. The smallest absolute Gasteiger partial charge is 0.221 e. The van der Waals surface area contributed by atoms with Crippen molar-refractivity contribution < 1.29 is 4.79 Å². The molecule has 1 heterocycles. The lowest BCUT2D eigenvalue weighted by atomic mass is 9.88. The summed E-state index contributed by atoms with van der Waals surface area (Å²) in [7, 11) is 0. The first-order chi connectivity index (χ1) is 12.7. The third-order valence-electron chi connectivity index (χ3n) is 4.43. The second-order valence-electron chi connectivity index (χ2n) is 6.13. The van der Waals surface area contributed by atoms with Gasteiger partial charge in [-0.2, -0.15) is 0 Å². The number of benzene rings is 2. The van der Waals surface area contributed by atoms with Crippen LogP contribution >= 0.6 is 11.6 Å². The lowest BCUT2D eigenvalue weighted by molar-refractivity contribution is -0.121. The van der Waals surface area contributed by atoms with Crippen molar-refractivity contribution in [3.05, 3.63) is 89.0 Å². The first kappa shape index (κ1) is 18.2. The number of aromatic nitrogens is 2. The Morgan fingerprint density at radius 1 is 1.15 bits per heavy atom. The Morgan fingerprint density at radius 3 is 2.65 bits per heavy atom. The molecule has 0 saturated heterocycles. The Morgan fingerprint density at radius 2 is 1.92 bits per heavy atom. The third kappa shape index (κ3) is 4.52. The third-order valence-corrected chi connectivity index (χ3v) is 4.66. The van der Waals surface area contributed by atoms with E-state index in [0.29, 0.717) is 18.0 Å². The fourth-order valence-electron chi connectivity index (χ4n) is 3.07. The molecule has 0 aliphatic carbocycles. The standard InChI is InChI=1S/C21H22ClN3O/c1-2-25-12-11-23-20(25)15-24-21(26)14-19(16-7-4-3-5-8-16)17-9-6-10-18(22)13-17/h3-13,19H,2,14-15H2,1H3,(H,24,26). The highest BCUT2D eigenvalue weighted by Gasteiger charge is 2.18. The van der Waals surface area contributed by atoms with Crippen LogP contribution in [0.1, 0.15) is 36.2 Å². The van der Waals surface area contributed by atoms with Gasteiger partial charge in [-0.3, -0.25) is 4.79 Å². The molecule has 5 heteroatoms. The van der Waals surface area contributed by atoms with E-state index in [-0.39, 0.29) is 11.8 Å². The molecule has 1 amide bonds. The van der Waals surface area contributed by atoms with Crippen molar-refractivity contribution in [1.82, 2.24) is 14.9 Å². The number of carbonyl (C=O) groups is 1. The van der Waals surface area contributed by atoms with E-state index in [1.807, 2.05) is 65.4 Å². The Hall–Kier alpha value is -2.59. The van der Waals surface area contributed by atoms with Crippen molar-refractivity contribution in [3.8, 4) is 0 Å². The van der Waals surface area contributed by atoms with Gasteiger partial charge in [0.15, 0.2) is 0 Å². The normalized spacial score (nSPS) is 11.9. The van der Waals surface area contributed by atoms with Crippen LogP contribution in [0.5, 0.6) is 0 Å². The molecule has 0 radical (unpaired) electrons. The molecule has 0 saturated carbocycles. The highest BCUT2D eigenvalue weighted by atomic mass is 35.5. The van der Waals surface area contributed by atoms with Crippen molar-refractivity contribution in [2.45, 2.75) is 32.4 Å². The molecular formula is C21H22ClN3O. The van der Waals surface area contributed by atoms with Crippen LogP contribution in [0, 0.1) is 0 Å². The average Bonchev–Trinajstić information content (AvgIpc) is 3.13. The number of hydrogen-bond acceptors (Lipinski definition) is 2. The van der Waals surface area contributed by atoms with Gasteiger partial charge in [0, 0.05) is 36.3 Å². The van der Waals surface area contributed by atoms with E-state index in [2.05, 4.69) is 17.2 Å². The van der Waals surface area contributed by atoms with Crippen molar-refractivity contribution in [2.75, 3.05) is 0 Å². The maximum atomic E-state index is 12.6. The molecule has 3 rings (SSSR count). The molecule has 0 spiro atoms. The summed E-state index contributed by atoms with van der Waals surface area (Å²) in [6, 6.07) is 17.7. The minimum atomic E-state index is -0.0409. The molecule has 1 atom stereocenters. The minimum absolute atomic E-state index is 0.00974. The van der Waals surface area contributed by atoms with E-state index in [4.69, 9.17) is 11.6 Å². The van der Waals surface area contributed by atoms with Gasteiger partial charge in [0.2, 0.25) is 5.91 Å². The zero-order chi connectivity index (χ0) is 18.4. The fourth-order valence-corrected chi connectivity index (χ4v) is 3.27. The van der Waals surface area contributed by atoms with Crippen LogP contribution in [0.15, 0.2) is 67.0 Å². The Bertz CT molecular complexity index is 860. The quantitative estimate of drug-likeness (QED) is 0.673. The van der Waals surface area contributed by atoms with Crippen LogP contribution in [0.2, 0.25) is 5.02 Å². The maximum Gasteiger partial charge on any atom is 0.221 e. The summed E-state index contributed by atoms with van der Waals surface area (Å²) in [5.74, 6) is 0.810. The number of rotatable bonds is 7. The number of imidazole rings is 1. The first-order valence-corrected chi connectivity index (χ1v) is 9.12. The number of halogens is 1. The molecule has 3 aromatic rings. The van der Waals surface area contributed by atoms with Crippen LogP contribution in [-0.2, 0) is 17.9 Å². The zero-order valence-electron chi connectivity index (χ0n) is 14.7. The van der Waals surface area contributed by atoms with Crippen LogP contribution < -0.4 is 5.32 Å². The molecule has 1 aromatic heterocycles. The van der Waals surface area contributed by atoms with Crippen molar-refractivity contribution in [1.29, 1.82) is 0 Å². The number of carbonyl (C=O) groups excluding carboxylic acids is 1. The number of nitrogens with one attached hydrogen (secondary N) is 1. The minimum Gasteiger partial charge on any atom is -0.349 e. The topological polar surface area (TPSA) is 46.9 Å². The molecule has 1 unspecified atom stereocenters. The van der Waals surface area contributed by atoms with E-state index >= 15 is 0 Å². The molecule has 4 nitrogen and oxygen atoms in total. The molecule has 134 valence electrons. The lowest BCUT2D eigenvalue weighted by Gasteiger charge is -2.18. The highest BCUT2D eigenvalue weighted by Crippen LogP contribution is 2.29. The van der Waals surface area contributed by atoms with Crippen LogP contribution in [-0.4, -0.2) is 15.5 Å². The van der Waals surface area contributed by atoms with E-state index in [1.54, 1.807) is 6.20 Å². The van der Waals surface area contributed by atoms with Crippen molar-refractivity contribution >= 4 is 17.5 Å². The maximum absolute atomic E-state index is 12.6.